The first-order valence-corrected chi connectivity index (χ1v) is 7.41. The van der Waals surface area contributed by atoms with Crippen molar-refractivity contribution in [1.29, 1.82) is 0 Å². The van der Waals surface area contributed by atoms with Gasteiger partial charge in [0.05, 0.1) is 0 Å². The summed E-state index contributed by atoms with van der Waals surface area (Å²) in [5, 5.41) is 6.70. The lowest BCUT2D eigenvalue weighted by Crippen LogP contribution is -2.41. The highest BCUT2D eigenvalue weighted by molar-refractivity contribution is 5.79. The molecule has 0 aromatic heterocycles. The largest absolute Gasteiger partial charge is 0.356 e. The summed E-state index contributed by atoms with van der Waals surface area (Å²) in [5.41, 5.74) is 1.38. The Bertz CT molecular complexity index is 449. The highest BCUT2D eigenvalue weighted by Gasteiger charge is 2.44. The van der Waals surface area contributed by atoms with Crippen LogP contribution in [-0.4, -0.2) is 26.1 Å². The summed E-state index contributed by atoms with van der Waals surface area (Å²) in [5.74, 6) is 0.682. The van der Waals surface area contributed by atoms with Crippen molar-refractivity contribution in [3.8, 4) is 0 Å². The first kappa shape index (κ1) is 14.8. The van der Waals surface area contributed by atoms with Crippen LogP contribution in [0, 0.1) is 5.82 Å². The maximum Gasteiger partial charge on any atom is 0.191 e. The van der Waals surface area contributed by atoms with Crippen LogP contribution in [0.3, 0.4) is 0 Å². The molecule has 1 saturated carbocycles. The number of unbranched alkanes of at least 4 members (excludes halogenated alkanes) is 1. The summed E-state index contributed by atoms with van der Waals surface area (Å²) in [6.07, 6.45) is 4.61. The minimum atomic E-state index is -0.172. The van der Waals surface area contributed by atoms with Crippen molar-refractivity contribution < 1.29 is 4.39 Å². The van der Waals surface area contributed by atoms with E-state index in [4.69, 9.17) is 0 Å². The minimum Gasteiger partial charge on any atom is -0.356 e. The van der Waals surface area contributed by atoms with E-state index in [-0.39, 0.29) is 11.2 Å². The summed E-state index contributed by atoms with van der Waals surface area (Å²) in [7, 11) is 1.79. The number of hydrogen-bond donors (Lipinski definition) is 2. The molecule has 20 heavy (non-hydrogen) atoms. The highest BCUT2D eigenvalue weighted by Crippen LogP contribution is 2.47. The van der Waals surface area contributed by atoms with Gasteiger partial charge in [0.25, 0.3) is 0 Å². The SMILES string of the molecule is CCCCNC(=NC)NCC1(c2ccc(F)cc2)CC1. The fraction of sp³-hybridized carbons (Fsp3) is 0.562. The van der Waals surface area contributed by atoms with E-state index in [0.29, 0.717) is 0 Å². The summed E-state index contributed by atoms with van der Waals surface area (Å²) in [4.78, 5) is 4.23. The molecule has 0 spiro atoms. The Morgan fingerprint density at radius 2 is 1.95 bits per heavy atom. The number of nitrogens with zero attached hydrogens (tertiary/aromatic N) is 1. The molecule has 0 unspecified atom stereocenters. The van der Waals surface area contributed by atoms with E-state index in [0.717, 1.165) is 38.3 Å². The molecular weight excluding hydrogens is 253 g/mol. The van der Waals surface area contributed by atoms with Gasteiger partial charge in [-0.15, -0.1) is 0 Å². The minimum absolute atomic E-state index is 0.163. The molecule has 0 radical (unpaired) electrons. The van der Waals surface area contributed by atoms with Gasteiger partial charge in [0.15, 0.2) is 5.96 Å². The molecule has 1 aromatic carbocycles. The van der Waals surface area contributed by atoms with Crippen LogP contribution in [0.1, 0.15) is 38.2 Å². The van der Waals surface area contributed by atoms with E-state index in [1.807, 2.05) is 12.1 Å². The lowest BCUT2D eigenvalue weighted by molar-refractivity contribution is 0.616. The van der Waals surface area contributed by atoms with Crippen LogP contribution >= 0.6 is 0 Å². The Morgan fingerprint density at radius 1 is 1.25 bits per heavy atom. The third-order valence-corrected chi connectivity index (χ3v) is 3.95. The monoisotopic (exact) mass is 277 g/mol. The third-order valence-electron chi connectivity index (χ3n) is 3.95. The summed E-state index contributed by atoms with van der Waals surface area (Å²) in [6.45, 7) is 3.97. The van der Waals surface area contributed by atoms with Crippen LogP contribution in [0.25, 0.3) is 0 Å². The molecule has 1 aromatic rings. The van der Waals surface area contributed by atoms with Gasteiger partial charge in [0.1, 0.15) is 5.82 Å². The molecule has 1 aliphatic rings. The highest BCUT2D eigenvalue weighted by atomic mass is 19.1. The average Bonchev–Trinajstić information content (AvgIpc) is 3.24. The molecule has 2 rings (SSSR count). The predicted molar refractivity (Wildman–Crippen MR) is 81.6 cm³/mol. The molecule has 3 nitrogen and oxygen atoms in total. The smallest absolute Gasteiger partial charge is 0.191 e. The Labute approximate surface area is 120 Å². The van der Waals surface area contributed by atoms with Crippen LogP contribution in [-0.2, 0) is 5.41 Å². The average molecular weight is 277 g/mol. The molecule has 0 amide bonds. The van der Waals surface area contributed by atoms with Gasteiger partial charge < -0.3 is 10.6 Å². The summed E-state index contributed by atoms with van der Waals surface area (Å²) < 4.78 is 13.0. The Balaban J connectivity index is 1.87. The van der Waals surface area contributed by atoms with Crippen LogP contribution in [0.5, 0.6) is 0 Å². The number of rotatable bonds is 6. The second kappa shape index (κ2) is 6.73. The molecule has 0 aliphatic heterocycles. The topological polar surface area (TPSA) is 36.4 Å². The zero-order valence-electron chi connectivity index (χ0n) is 12.4. The quantitative estimate of drug-likeness (QED) is 0.476. The molecule has 110 valence electrons. The normalized spacial score (nSPS) is 16.9. The van der Waals surface area contributed by atoms with Gasteiger partial charge in [-0.2, -0.15) is 0 Å². The second-order valence-electron chi connectivity index (χ2n) is 5.49. The van der Waals surface area contributed by atoms with E-state index < -0.39 is 0 Å². The maximum atomic E-state index is 13.0. The van der Waals surface area contributed by atoms with Gasteiger partial charge in [0.2, 0.25) is 0 Å². The Kier molecular flexibility index (Phi) is 4.99. The molecule has 0 saturated heterocycles. The van der Waals surface area contributed by atoms with Gasteiger partial charge >= 0.3 is 0 Å². The van der Waals surface area contributed by atoms with Gasteiger partial charge in [-0.05, 0) is 37.0 Å². The van der Waals surface area contributed by atoms with Crippen LogP contribution < -0.4 is 10.6 Å². The number of benzene rings is 1. The van der Waals surface area contributed by atoms with Gasteiger partial charge in [-0.1, -0.05) is 25.5 Å². The van der Waals surface area contributed by atoms with Crippen LogP contribution in [0.2, 0.25) is 0 Å². The predicted octanol–water partition coefficient (Wildman–Crippen LogP) is 2.82. The standard InChI is InChI=1S/C16H24FN3/c1-3-4-11-19-15(18-2)20-12-16(9-10-16)13-5-7-14(17)8-6-13/h5-8H,3-4,9-12H2,1-2H3,(H2,18,19,20). The first-order valence-electron chi connectivity index (χ1n) is 7.41. The van der Waals surface area contributed by atoms with Gasteiger partial charge in [-0.3, -0.25) is 4.99 Å². The van der Waals surface area contributed by atoms with E-state index in [2.05, 4.69) is 22.5 Å². The van der Waals surface area contributed by atoms with Gasteiger partial charge in [0, 0.05) is 25.6 Å². The van der Waals surface area contributed by atoms with Crippen molar-refractivity contribution in [2.45, 2.75) is 38.0 Å². The number of hydrogen-bond acceptors (Lipinski definition) is 1. The van der Waals surface area contributed by atoms with Crippen molar-refractivity contribution in [1.82, 2.24) is 10.6 Å². The van der Waals surface area contributed by atoms with E-state index in [9.17, 15) is 4.39 Å². The third kappa shape index (κ3) is 3.71. The summed E-state index contributed by atoms with van der Waals surface area (Å²) >= 11 is 0. The molecule has 2 N–H and O–H groups in total. The van der Waals surface area contributed by atoms with E-state index in [1.165, 1.54) is 12.0 Å². The zero-order valence-corrected chi connectivity index (χ0v) is 12.4. The fourth-order valence-corrected chi connectivity index (χ4v) is 2.38. The van der Waals surface area contributed by atoms with E-state index >= 15 is 0 Å². The van der Waals surface area contributed by atoms with Crippen molar-refractivity contribution in [2.75, 3.05) is 20.1 Å². The Morgan fingerprint density at radius 3 is 2.50 bits per heavy atom. The fourth-order valence-electron chi connectivity index (χ4n) is 2.38. The zero-order chi connectivity index (χ0) is 14.4. The number of nitrogens with one attached hydrogen (secondary N) is 2. The Hall–Kier alpha value is -1.58. The summed E-state index contributed by atoms with van der Waals surface area (Å²) in [6, 6.07) is 6.89. The van der Waals surface area contributed by atoms with Crippen molar-refractivity contribution >= 4 is 5.96 Å². The second-order valence-corrected chi connectivity index (χ2v) is 5.49. The van der Waals surface area contributed by atoms with Gasteiger partial charge in [-0.25, -0.2) is 4.39 Å². The van der Waals surface area contributed by atoms with Crippen LogP contribution in [0.15, 0.2) is 29.3 Å². The molecule has 0 heterocycles. The lowest BCUT2D eigenvalue weighted by Gasteiger charge is -2.19. The van der Waals surface area contributed by atoms with Crippen molar-refractivity contribution in [3.63, 3.8) is 0 Å². The first-order chi connectivity index (χ1) is 9.70. The molecule has 4 heteroatoms. The molecule has 1 aliphatic carbocycles. The molecule has 1 fully saturated rings. The van der Waals surface area contributed by atoms with Crippen LogP contribution in [0.4, 0.5) is 4.39 Å². The maximum absolute atomic E-state index is 13.0. The number of guanidine groups is 1. The molecule has 0 bridgehead atoms. The van der Waals surface area contributed by atoms with E-state index in [1.54, 1.807) is 19.2 Å². The van der Waals surface area contributed by atoms with Crippen molar-refractivity contribution in [2.24, 2.45) is 4.99 Å². The number of halogens is 1. The van der Waals surface area contributed by atoms with Crippen molar-refractivity contribution in [3.05, 3.63) is 35.6 Å². The lowest BCUT2D eigenvalue weighted by atomic mass is 9.96. The molecule has 0 atom stereocenters. The number of aliphatic imine (C=N–C) groups is 1. The molecular formula is C16H24FN3.